The number of methoxy groups -OCH3 is 1. The van der Waals surface area contributed by atoms with Crippen LogP contribution in [0.25, 0.3) is 33.6 Å². The number of carbonyl (C=O) groups is 4. The normalized spacial score (nSPS) is 18.1. The topological polar surface area (TPSA) is 169 Å². The monoisotopic (exact) mass is 751 g/mol. The first-order valence-corrected chi connectivity index (χ1v) is 19.1. The van der Waals surface area contributed by atoms with Crippen molar-refractivity contribution in [1.82, 2.24) is 45.3 Å². The molecule has 14 heteroatoms. The Bertz CT molecular complexity index is 1970. The number of amides is 5. The summed E-state index contributed by atoms with van der Waals surface area (Å²) < 4.78 is 4.75. The predicted molar refractivity (Wildman–Crippen MR) is 209 cm³/mol. The summed E-state index contributed by atoms with van der Waals surface area (Å²) in [7, 11) is 4.62. The van der Waals surface area contributed by atoms with Crippen molar-refractivity contribution in [3.63, 3.8) is 0 Å². The first kappa shape index (κ1) is 39.0. The number of benzene rings is 2. The Hall–Kier alpha value is -5.66. The molecule has 2 aromatic carbocycles. The van der Waals surface area contributed by atoms with Gasteiger partial charge >= 0.3 is 12.1 Å². The number of urea groups is 1. The Morgan fingerprint density at radius 3 is 1.47 bits per heavy atom. The molecular formula is C41H53N9O5. The van der Waals surface area contributed by atoms with Gasteiger partial charge in [-0.3, -0.25) is 9.59 Å². The van der Waals surface area contributed by atoms with Crippen LogP contribution in [-0.2, 0) is 14.3 Å². The predicted octanol–water partition coefficient (Wildman–Crippen LogP) is 6.14. The average Bonchev–Trinajstić information content (AvgIpc) is 4.02. The summed E-state index contributed by atoms with van der Waals surface area (Å²) in [6.45, 7) is 8.90. The summed E-state index contributed by atoms with van der Waals surface area (Å²) >= 11 is 0. The van der Waals surface area contributed by atoms with Gasteiger partial charge < -0.3 is 40.0 Å². The first-order chi connectivity index (χ1) is 26.4. The van der Waals surface area contributed by atoms with Gasteiger partial charge in [-0.15, -0.1) is 0 Å². The summed E-state index contributed by atoms with van der Waals surface area (Å²) in [5.41, 5.74) is 5.82. The molecule has 4 N–H and O–H groups in total. The van der Waals surface area contributed by atoms with E-state index in [1.807, 2.05) is 43.7 Å². The van der Waals surface area contributed by atoms with Crippen LogP contribution in [0.5, 0.6) is 0 Å². The number of aromatic nitrogens is 4. The molecule has 2 saturated heterocycles. The van der Waals surface area contributed by atoms with Crippen molar-refractivity contribution in [2.24, 2.45) is 11.8 Å². The van der Waals surface area contributed by atoms with Gasteiger partial charge in [-0.05, 0) is 59.8 Å². The average molecular weight is 752 g/mol. The van der Waals surface area contributed by atoms with Gasteiger partial charge in [-0.2, -0.15) is 0 Å². The number of aromatic amines is 2. The van der Waals surface area contributed by atoms with Crippen molar-refractivity contribution in [3.8, 4) is 33.6 Å². The van der Waals surface area contributed by atoms with Gasteiger partial charge in [-0.1, -0.05) is 76.2 Å². The summed E-state index contributed by atoms with van der Waals surface area (Å²) in [6, 6.07) is 14.6. The highest BCUT2D eigenvalue weighted by atomic mass is 16.5. The summed E-state index contributed by atoms with van der Waals surface area (Å²) in [5.74, 6) is 1.07. The van der Waals surface area contributed by atoms with Crippen molar-refractivity contribution < 1.29 is 23.9 Å². The molecule has 2 aliphatic heterocycles. The first-order valence-electron chi connectivity index (χ1n) is 19.1. The number of H-pyrrole nitrogens is 2. The van der Waals surface area contributed by atoms with Gasteiger partial charge in [0.1, 0.15) is 23.7 Å². The number of alkyl carbamates (subject to hydrolysis) is 1. The van der Waals surface area contributed by atoms with Crippen LogP contribution in [0.3, 0.4) is 0 Å². The second-order valence-electron chi connectivity index (χ2n) is 15.3. The van der Waals surface area contributed by atoms with Crippen molar-refractivity contribution >= 4 is 23.9 Å². The molecule has 2 aliphatic rings. The number of rotatable bonds is 11. The minimum atomic E-state index is -0.686. The van der Waals surface area contributed by atoms with E-state index in [4.69, 9.17) is 9.72 Å². The van der Waals surface area contributed by atoms with E-state index in [1.54, 1.807) is 20.3 Å². The summed E-state index contributed by atoms with van der Waals surface area (Å²) in [4.78, 5) is 72.9. The molecule has 0 saturated carbocycles. The number of imidazole rings is 2. The van der Waals surface area contributed by atoms with Crippen LogP contribution < -0.4 is 10.6 Å². The summed E-state index contributed by atoms with van der Waals surface area (Å²) in [5, 5.41) is 5.58. The molecule has 6 rings (SSSR count). The maximum absolute atomic E-state index is 13.7. The number of nitrogens with zero attached hydrogens (tertiary/aromatic N) is 5. The van der Waals surface area contributed by atoms with Crippen LogP contribution in [0.2, 0.25) is 0 Å². The van der Waals surface area contributed by atoms with Crippen LogP contribution in [0, 0.1) is 11.8 Å². The molecule has 2 fully saturated rings. The molecule has 4 aromatic rings. The molecule has 0 bridgehead atoms. The van der Waals surface area contributed by atoms with Gasteiger partial charge in [0.25, 0.3) is 0 Å². The smallest absolute Gasteiger partial charge is 0.407 e. The zero-order valence-electron chi connectivity index (χ0n) is 32.8. The van der Waals surface area contributed by atoms with Crippen molar-refractivity contribution in [3.05, 3.63) is 72.6 Å². The number of likely N-dealkylation sites (tertiary alicyclic amines) is 2. The molecular weight excluding hydrogens is 699 g/mol. The van der Waals surface area contributed by atoms with E-state index in [2.05, 4.69) is 74.1 Å². The Kier molecular flexibility index (Phi) is 11.9. The lowest BCUT2D eigenvalue weighted by Crippen LogP contribution is -2.53. The number of hydrogen-bond acceptors (Lipinski definition) is 7. The molecule has 1 unspecified atom stereocenters. The Balaban J connectivity index is 1.10. The Morgan fingerprint density at radius 1 is 0.691 bits per heavy atom. The van der Waals surface area contributed by atoms with Gasteiger partial charge in [0, 0.05) is 27.2 Å². The molecule has 5 amide bonds. The van der Waals surface area contributed by atoms with Crippen LogP contribution in [0.1, 0.15) is 77.1 Å². The second kappa shape index (κ2) is 16.8. The molecule has 0 radical (unpaired) electrons. The van der Waals surface area contributed by atoms with Crippen molar-refractivity contribution in [2.45, 2.75) is 77.5 Å². The number of nitrogens with one attached hydrogen (secondary N) is 4. The van der Waals surface area contributed by atoms with Crippen LogP contribution in [0.15, 0.2) is 60.9 Å². The Labute approximate surface area is 322 Å². The fraction of sp³-hybridized carbons (Fsp3) is 0.463. The molecule has 0 spiro atoms. The highest BCUT2D eigenvalue weighted by molar-refractivity contribution is 5.88. The number of hydrogen-bond donors (Lipinski definition) is 4. The molecule has 14 nitrogen and oxygen atoms in total. The van der Waals surface area contributed by atoms with Crippen LogP contribution in [0.4, 0.5) is 9.59 Å². The standard InChI is InChI=1S/C41H53N9O5/c1-24(2)34(46-40(53)48(5)6)38(51)49-20-8-10-32(49)36-42-22-30(44-36)28-16-12-26(13-17-28)27-14-18-29(19-15-27)31-23-43-37(45-31)33-11-9-21-50(33)39(52)35(25(3)4)47-41(54)55-7/h12-19,22-25,32-35H,8-11,20-21H2,1-7H3,(H,42,44)(H,43,45)(H,46,53)(H,47,54)/t32-,33-,34?,35-/m0/s1. The van der Waals surface area contributed by atoms with E-state index < -0.39 is 18.2 Å². The third-order valence-corrected chi connectivity index (χ3v) is 10.6. The van der Waals surface area contributed by atoms with Crippen molar-refractivity contribution in [2.75, 3.05) is 34.3 Å². The van der Waals surface area contributed by atoms with Crippen molar-refractivity contribution in [1.29, 1.82) is 0 Å². The Morgan fingerprint density at radius 2 is 1.09 bits per heavy atom. The quantitative estimate of drug-likeness (QED) is 0.143. The molecule has 55 heavy (non-hydrogen) atoms. The molecule has 292 valence electrons. The van der Waals surface area contributed by atoms with E-state index in [0.29, 0.717) is 13.1 Å². The second-order valence-corrected chi connectivity index (χ2v) is 15.3. The van der Waals surface area contributed by atoms with Gasteiger partial charge in [0.05, 0.1) is 43.0 Å². The molecule has 2 aromatic heterocycles. The largest absolute Gasteiger partial charge is 0.453 e. The zero-order chi connectivity index (χ0) is 39.4. The van der Waals surface area contributed by atoms with E-state index in [1.165, 1.54) is 12.0 Å². The number of carbonyl (C=O) groups excluding carboxylic acids is 4. The third kappa shape index (κ3) is 8.53. The maximum atomic E-state index is 13.7. The fourth-order valence-corrected chi connectivity index (χ4v) is 7.45. The maximum Gasteiger partial charge on any atom is 0.407 e. The minimum Gasteiger partial charge on any atom is -0.453 e. The van der Waals surface area contributed by atoms with Crippen LogP contribution >= 0.6 is 0 Å². The van der Waals surface area contributed by atoms with Gasteiger partial charge in [0.15, 0.2) is 0 Å². The van der Waals surface area contributed by atoms with Gasteiger partial charge in [-0.25, -0.2) is 19.6 Å². The summed E-state index contributed by atoms with van der Waals surface area (Å²) in [6.07, 6.45) is 6.29. The highest BCUT2D eigenvalue weighted by Gasteiger charge is 2.39. The molecule has 4 heterocycles. The van der Waals surface area contributed by atoms with E-state index in [0.717, 1.165) is 71.0 Å². The molecule has 4 atom stereocenters. The van der Waals surface area contributed by atoms with Gasteiger partial charge in [0.2, 0.25) is 11.8 Å². The fourth-order valence-electron chi connectivity index (χ4n) is 7.45. The van der Waals surface area contributed by atoms with E-state index in [9.17, 15) is 19.2 Å². The zero-order valence-corrected chi connectivity index (χ0v) is 32.8. The van der Waals surface area contributed by atoms with E-state index >= 15 is 0 Å². The minimum absolute atomic E-state index is 0.0626. The third-order valence-electron chi connectivity index (χ3n) is 10.6. The number of ether oxygens (including phenoxy) is 1. The van der Waals surface area contributed by atoms with Crippen LogP contribution in [-0.4, -0.2) is 105 Å². The lowest BCUT2D eigenvalue weighted by molar-refractivity contribution is -0.136. The van der Waals surface area contributed by atoms with E-state index in [-0.39, 0.29) is 41.8 Å². The highest BCUT2D eigenvalue weighted by Crippen LogP contribution is 2.35. The SMILES string of the molecule is COC(=O)N[C@H](C(=O)N1CCC[C@H]1c1ncc(-c2ccc(-c3ccc(-c4cnc([C@@H]5CCCN5C(=O)C(NC(=O)N(C)C)C(C)C)[nH]4)cc3)cc2)[nH]1)C(C)C. The lowest BCUT2D eigenvalue weighted by Gasteiger charge is -2.31. The lowest BCUT2D eigenvalue weighted by atomic mass is 10.0. The molecule has 0 aliphatic carbocycles.